The summed E-state index contributed by atoms with van der Waals surface area (Å²) in [6, 6.07) is 59.5. The van der Waals surface area contributed by atoms with E-state index < -0.39 is 84.7 Å². The number of nitrogens with one attached hydrogen (secondary N) is 3. The molecule has 3 aromatic heterocycles. The summed E-state index contributed by atoms with van der Waals surface area (Å²) < 4.78 is 47.7. The standard InChI is InChI=1S/2C33H35FN2O5.C20H25ClN2O5.C6H5NO2.Ca/c2*1-21(2)31-30(33(41)35-25-11-7-4-8-12-25)29(22-9-5-3-6-10-22)32(23-13-15-24(34)16-14-23)36(31)18-17-26(37)19-27(38)20-28(39)40;1-4-28-20(25)18-15(11-27-10-9-22)23-12(2)16(19(24)26-3)17(18)13-7-5-6-8-14(13)21;8-6(9)5-2-1-3-7-4-5;/h2*3-16,21,26-27,37-38H,17-20H2,1-2H3,(H,35,41)(H,39,40);5-8,17,23H,4,9-11,22H2,1-3H3;1-4H,(H,8,9);/q;;;;+2/p-2/t2*26-,27-;;;/m11.../s1. The number of pyridine rings is 1. The van der Waals surface area contributed by atoms with Crippen LogP contribution >= 0.6 is 11.6 Å². The Labute approximate surface area is 730 Å². The first-order valence-electron chi connectivity index (χ1n) is 38.7. The number of esters is 2. The summed E-state index contributed by atoms with van der Waals surface area (Å²) in [5.41, 5.74) is 17.4. The van der Waals surface area contributed by atoms with Crippen molar-refractivity contribution in [3.63, 3.8) is 0 Å². The van der Waals surface area contributed by atoms with Crippen LogP contribution in [0.25, 0.3) is 44.8 Å². The van der Waals surface area contributed by atoms with Crippen LogP contribution in [0, 0.1) is 11.6 Å². The first-order chi connectivity index (χ1) is 57.1. The largest absolute Gasteiger partial charge is 2.00 e. The third kappa shape index (κ3) is 26.7. The van der Waals surface area contributed by atoms with Crippen molar-refractivity contribution >= 4 is 102 Å². The van der Waals surface area contributed by atoms with Crippen LogP contribution < -0.4 is 31.9 Å². The minimum atomic E-state index is -1.39. The van der Waals surface area contributed by atoms with Crippen LogP contribution in [0.5, 0.6) is 0 Å². The van der Waals surface area contributed by atoms with Gasteiger partial charge in [-0.15, -0.1) is 0 Å². The Kier molecular flexibility index (Phi) is 38.2. The van der Waals surface area contributed by atoms with Crippen molar-refractivity contribution in [2.75, 3.05) is 44.1 Å². The number of nitrogens with zero attached hydrogens (tertiary/aromatic N) is 3. The summed E-state index contributed by atoms with van der Waals surface area (Å²) in [6.45, 7) is 12.9. The van der Waals surface area contributed by atoms with Crippen molar-refractivity contribution in [3.8, 4) is 44.8 Å². The minimum Gasteiger partial charge on any atom is -0.550 e. The Morgan fingerprint density at radius 1 is 0.575 bits per heavy atom. The molecule has 0 saturated heterocycles. The molecule has 0 saturated carbocycles. The van der Waals surface area contributed by atoms with E-state index in [9.17, 15) is 73.0 Å². The Hall–Kier alpha value is -11.0. The van der Waals surface area contributed by atoms with Crippen LogP contribution in [-0.2, 0) is 46.5 Å². The zero-order valence-electron chi connectivity index (χ0n) is 67.7. The number of aliphatic hydroxyl groups excluding tert-OH is 4. The number of allylic oxidation sites excluding steroid dienone is 1. The molecule has 0 radical (unpaired) electrons. The van der Waals surface area contributed by atoms with E-state index >= 15 is 0 Å². The van der Waals surface area contributed by atoms with Crippen molar-refractivity contribution in [2.24, 2.45) is 5.73 Å². The fourth-order valence-electron chi connectivity index (χ4n) is 14.0. The molecule has 1 aliphatic rings. The number of dihydropyridines is 1. The first-order valence-corrected chi connectivity index (χ1v) is 39.1. The second-order valence-electron chi connectivity index (χ2n) is 28.4. The van der Waals surface area contributed by atoms with Crippen LogP contribution in [0.15, 0.2) is 241 Å². The maximum Gasteiger partial charge on any atom is 2.00 e. The van der Waals surface area contributed by atoms with Gasteiger partial charge in [0.05, 0.1) is 102 Å². The average Bonchev–Trinajstić information content (AvgIpc) is 1.57. The Balaban J connectivity index is 0.000000238. The molecule has 28 heteroatoms. The maximum absolute atomic E-state index is 14.0. The van der Waals surface area contributed by atoms with E-state index in [0.717, 1.165) is 22.5 Å². The molecule has 1 unspecified atom stereocenters. The van der Waals surface area contributed by atoms with Gasteiger partial charge < -0.3 is 90.4 Å². The molecule has 24 nitrogen and oxygen atoms in total. The Morgan fingerprint density at radius 2 is 1.00 bits per heavy atom. The summed E-state index contributed by atoms with van der Waals surface area (Å²) in [5, 5.41) is 81.1. The number of aromatic nitrogens is 3. The predicted octanol–water partition coefficient (Wildman–Crippen LogP) is 12.6. The van der Waals surface area contributed by atoms with Crippen LogP contribution in [0.4, 0.5) is 20.2 Å². The molecule has 10 N–H and O–H groups in total. The SMILES string of the molecule is CC(C)c1c(C(=O)Nc2ccccc2)c(-c2ccccc2)c(-c2ccc(F)cc2)n1CC[C@@H](O)C[C@@H](O)CC(=O)[O-].CC(C)c1c(C(=O)Nc2ccccc2)c(-c2ccccc2)c(-c2ccc(F)cc2)n1CC[C@@H](O)C[C@@H](O)CC(=O)[O-].CCOC(=O)C1=C(COCCN)NC(C)=C(C(=O)OC)C1c1ccccc1Cl.O=C(O)c1cccnc1.[Ca+2]. The Bertz CT molecular complexity index is 4890. The van der Waals surface area contributed by atoms with Gasteiger partial charge >= 0.3 is 55.6 Å². The quantitative estimate of drug-likeness (QED) is 0.0105. The van der Waals surface area contributed by atoms with Crippen LogP contribution in [-0.4, -0.2) is 177 Å². The molecule has 0 aliphatic carbocycles. The zero-order chi connectivity index (χ0) is 86.4. The third-order valence-electron chi connectivity index (χ3n) is 19.0. The normalized spacial score (nSPS) is 13.3. The van der Waals surface area contributed by atoms with Gasteiger partial charge in [-0.3, -0.25) is 14.6 Å². The summed E-state index contributed by atoms with van der Waals surface area (Å²) in [7, 11) is 1.29. The van der Waals surface area contributed by atoms with Gasteiger partial charge in [-0.2, -0.15) is 0 Å². The van der Waals surface area contributed by atoms with E-state index in [0.29, 0.717) is 96.8 Å². The van der Waals surface area contributed by atoms with Gasteiger partial charge in [0, 0.05) is 101 Å². The monoisotopic (exact) mass is 1690 g/mol. The van der Waals surface area contributed by atoms with Gasteiger partial charge in [0.15, 0.2) is 0 Å². The summed E-state index contributed by atoms with van der Waals surface area (Å²) in [5.74, 6) is -7.22. The number of rotatable bonds is 33. The number of carboxylic acids is 3. The smallest absolute Gasteiger partial charge is 0.550 e. The molecule has 4 heterocycles. The van der Waals surface area contributed by atoms with Gasteiger partial charge in [-0.05, 0) is 170 Å². The van der Waals surface area contributed by atoms with E-state index in [1.54, 1.807) is 92.7 Å². The number of nitrogens with two attached hydrogens (primary N) is 1. The number of amides is 2. The predicted molar refractivity (Wildman–Crippen MR) is 452 cm³/mol. The number of carbonyl (C=O) groups is 7. The molecule has 11 rings (SSSR count). The Morgan fingerprint density at radius 3 is 1.37 bits per heavy atom. The number of hydrogen-bond acceptors (Lipinski definition) is 19. The minimum absolute atomic E-state index is 0. The number of hydrogen-bond donors (Lipinski definition) is 9. The molecule has 0 fully saturated rings. The number of methoxy groups -OCH3 is 1. The van der Waals surface area contributed by atoms with Crippen molar-refractivity contribution in [1.29, 1.82) is 0 Å². The molecule has 2 amide bonds. The molecule has 120 heavy (non-hydrogen) atoms. The number of aliphatic hydroxyl groups is 4. The first kappa shape index (κ1) is 96.1. The second-order valence-corrected chi connectivity index (χ2v) is 28.8. The topological polar surface area (TPSA) is 379 Å². The number of ether oxygens (including phenoxy) is 3. The van der Waals surface area contributed by atoms with Crippen molar-refractivity contribution in [3.05, 3.63) is 291 Å². The van der Waals surface area contributed by atoms with Crippen molar-refractivity contribution < 1.29 is 92.3 Å². The summed E-state index contributed by atoms with van der Waals surface area (Å²) in [6.07, 6.45) is -2.70. The van der Waals surface area contributed by atoms with E-state index in [1.165, 1.54) is 49.8 Å². The second kappa shape index (κ2) is 47.7. The van der Waals surface area contributed by atoms with E-state index in [-0.39, 0.29) is 125 Å². The number of carboxylic acid groups (broad SMARTS) is 3. The molecule has 5 atom stereocenters. The van der Waals surface area contributed by atoms with E-state index in [2.05, 4.69) is 20.9 Å². The molecule has 0 spiro atoms. The number of para-hydroxylation sites is 2. The number of benzene rings is 7. The summed E-state index contributed by atoms with van der Waals surface area (Å²) in [4.78, 5) is 89.1. The van der Waals surface area contributed by atoms with Gasteiger partial charge in [-0.25, -0.2) is 23.2 Å². The molecule has 626 valence electrons. The van der Waals surface area contributed by atoms with Crippen LogP contribution in [0.2, 0.25) is 5.02 Å². The third-order valence-corrected chi connectivity index (χ3v) is 19.4. The number of anilines is 2. The number of aliphatic carboxylic acids is 2. The molecule has 0 bridgehead atoms. The molecule has 1 aliphatic heterocycles. The molecule has 10 aromatic rings. The van der Waals surface area contributed by atoms with Crippen LogP contribution in [0.3, 0.4) is 0 Å². The van der Waals surface area contributed by atoms with Gasteiger partial charge in [0.25, 0.3) is 11.8 Å². The van der Waals surface area contributed by atoms with Gasteiger partial charge in [-0.1, -0.05) is 155 Å². The van der Waals surface area contributed by atoms with Gasteiger partial charge in [0.2, 0.25) is 0 Å². The average molecular weight is 1690 g/mol. The van der Waals surface area contributed by atoms with Crippen molar-refractivity contribution in [1.82, 2.24) is 19.4 Å². The number of carbonyl (C=O) groups excluding carboxylic acids is 6. The van der Waals surface area contributed by atoms with E-state index in [1.807, 2.05) is 134 Å². The number of aromatic carboxylic acids is 1. The fourth-order valence-corrected chi connectivity index (χ4v) is 14.2. The molecular weight excluding hydrogens is 1590 g/mol. The van der Waals surface area contributed by atoms with Crippen LogP contribution in [0.1, 0.15) is 146 Å². The number of halogens is 3. The fraction of sp³-hybridized carbons (Fsp3) is 0.283. The zero-order valence-corrected chi connectivity index (χ0v) is 70.7. The molecular formula is C92H98CaClF2N7O17. The van der Waals surface area contributed by atoms with Crippen molar-refractivity contribution in [2.45, 2.75) is 135 Å². The summed E-state index contributed by atoms with van der Waals surface area (Å²) >= 11 is 6.42. The molecule has 7 aromatic carbocycles. The van der Waals surface area contributed by atoms with Gasteiger partial charge in [0.1, 0.15) is 11.6 Å². The van der Waals surface area contributed by atoms with E-state index in [4.69, 9.17) is 36.7 Å². The maximum atomic E-state index is 14.0.